The van der Waals surface area contributed by atoms with Crippen molar-refractivity contribution in [3.8, 4) is 22.6 Å². The van der Waals surface area contributed by atoms with Gasteiger partial charge in [-0.15, -0.1) is 0 Å². The maximum atomic E-state index is 14.6. The zero-order chi connectivity index (χ0) is 28.8. The molecule has 3 heterocycles. The van der Waals surface area contributed by atoms with E-state index in [4.69, 9.17) is 10.7 Å². The number of hydrogen-bond acceptors (Lipinski definition) is 6. The number of pyridine rings is 1. The van der Waals surface area contributed by atoms with Gasteiger partial charge in [0.1, 0.15) is 17.3 Å². The fourth-order valence-electron chi connectivity index (χ4n) is 5.26. The number of nitrogens with two attached hydrogens (primary N) is 1. The third-order valence-electron chi connectivity index (χ3n) is 7.28. The lowest BCUT2D eigenvalue weighted by molar-refractivity contribution is -0.114. The molecule has 3 N–H and O–H groups in total. The molecule has 1 amide bonds. The van der Waals surface area contributed by atoms with Crippen LogP contribution in [-0.4, -0.2) is 35.3 Å². The Morgan fingerprint density at radius 1 is 1.10 bits per heavy atom. The van der Waals surface area contributed by atoms with Crippen molar-refractivity contribution in [1.29, 1.82) is 0 Å². The Morgan fingerprint density at radius 3 is 2.61 bits per heavy atom. The summed E-state index contributed by atoms with van der Waals surface area (Å²) in [6.07, 6.45) is 0.757. The van der Waals surface area contributed by atoms with E-state index in [1.165, 1.54) is 37.4 Å². The van der Waals surface area contributed by atoms with Crippen molar-refractivity contribution in [2.45, 2.75) is 13.0 Å². The molecule has 0 saturated carbocycles. The molecule has 3 aromatic carbocycles. The predicted octanol–water partition coefficient (Wildman–Crippen LogP) is 5.93. The van der Waals surface area contributed by atoms with E-state index >= 15 is 0 Å². The molecule has 41 heavy (non-hydrogen) atoms. The van der Waals surface area contributed by atoms with E-state index in [1.807, 2.05) is 24.3 Å². The molecule has 0 bridgehead atoms. The fraction of sp³-hybridized carbons (Fsp3) is 0.129. The van der Waals surface area contributed by atoms with Crippen molar-refractivity contribution in [3.05, 3.63) is 95.6 Å². The first kappa shape index (κ1) is 26.5. The number of amides is 1. The molecule has 1 aliphatic heterocycles. The van der Waals surface area contributed by atoms with Crippen LogP contribution in [0.4, 0.5) is 25.8 Å². The number of rotatable bonds is 5. The number of benzene rings is 3. The first-order valence-electron chi connectivity index (χ1n) is 13.0. The van der Waals surface area contributed by atoms with E-state index < -0.39 is 11.7 Å². The van der Waals surface area contributed by atoms with E-state index in [9.17, 15) is 13.6 Å². The van der Waals surface area contributed by atoms with Gasteiger partial charge in [-0.05, 0) is 72.6 Å². The second-order valence-corrected chi connectivity index (χ2v) is 10.4. The molecule has 0 atom stereocenters. The summed E-state index contributed by atoms with van der Waals surface area (Å²) >= 11 is 4.54. The number of hydrogen-bond donors (Lipinski definition) is 3. The van der Waals surface area contributed by atoms with E-state index in [1.54, 1.807) is 29.6 Å². The van der Waals surface area contributed by atoms with Crippen LogP contribution in [0.25, 0.3) is 33.5 Å². The van der Waals surface area contributed by atoms with Gasteiger partial charge in [-0.2, -0.15) is 0 Å². The van der Waals surface area contributed by atoms with Gasteiger partial charge in [0.2, 0.25) is 0 Å². The number of anilines is 2. The summed E-state index contributed by atoms with van der Waals surface area (Å²) in [5.74, 6) is -1.14. The number of likely N-dealkylation sites (N-methyl/N-ethyl adjacent to an activating group) is 1. The van der Waals surface area contributed by atoms with Crippen LogP contribution in [0, 0.1) is 11.6 Å². The summed E-state index contributed by atoms with van der Waals surface area (Å²) in [6.45, 7) is 0.725. The van der Waals surface area contributed by atoms with Crippen molar-refractivity contribution < 1.29 is 13.6 Å². The van der Waals surface area contributed by atoms with Gasteiger partial charge >= 0.3 is 0 Å². The van der Waals surface area contributed by atoms with Crippen LogP contribution in [-0.2, 0) is 17.8 Å². The lowest BCUT2D eigenvalue weighted by Gasteiger charge is -2.22. The van der Waals surface area contributed by atoms with E-state index in [-0.39, 0.29) is 11.5 Å². The number of carbonyl (C=O) groups excluding carboxylic acids is 1. The number of nitrogens with one attached hydrogen (secondary N) is 1. The van der Waals surface area contributed by atoms with Crippen LogP contribution >= 0.6 is 12.8 Å². The van der Waals surface area contributed by atoms with Gasteiger partial charge in [0, 0.05) is 42.8 Å². The molecule has 0 fully saturated rings. The molecule has 7 nitrogen and oxygen atoms in total. The minimum absolute atomic E-state index is 0.0692. The summed E-state index contributed by atoms with van der Waals surface area (Å²) in [5, 5.41) is 3.17. The standard InChI is InChI=1S/C31H26F2N6OS/c1-35-31(40)30(36-19-9-7-18(32)8-10-19)21-14-22(27(38(2)41)16-24(21)34)25-11-6-17-12-13-39-26-5-3-4-23(33)20(26)15-28(39)29(17)37-25/h3-11,14-16,41H,12-13,34H2,1-2H3,(H,35,40). The normalized spacial score (nSPS) is 12.7. The second-order valence-electron chi connectivity index (χ2n) is 9.80. The van der Waals surface area contributed by atoms with Crippen molar-refractivity contribution in [2.24, 2.45) is 4.99 Å². The highest BCUT2D eigenvalue weighted by Crippen LogP contribution is 2.39. The van der Waals surface area contributed by atoms with Gasteiger partial charge in [-0.25, -0.2) is 18.8 Å². The summed E-state index contributed by atoms with van der Waals surface area (Å²) in [5.41, 5.74) is 13.1. The second kappa shape index (κ2) is 10.4. The van der Waals surface area contributed by atoms with Crippen LogP contribution in [0.5, 0.6) is 0 Å². The summed E-state index contributed by atoms with van der Waals surface area (Å²) < 4.78 is 31.9. The molecule has 10 heteroatoms. The van der Waals surface area contributed by atoms with Crippen LogP contribution in [0.2, 0.25) is 0 Å². The average Bonchev–Trinajstić information content (AvgIpc) is 3.37. The molecule has 206 valence electrons. The predicted molar refractivity (Wildman–Crippen MR) is 163 cm³/mol. The molecular formula is C31H26F2N6OS. The van der Waals surface area contributed by atoms with Crippen LogP contribution in [0.3, 0.4) is 0 Å². The molecule has 0 radical (unpaired) electrons. The number of thiol groups is 1. The Labute approximate surface area is 240 Å². The van der Waals surface area contributed by atoms with Gasteiger partial charge in [0.15, 0.2) is 0 Å². The smallest absolute Gasteiger partial charge is 0.270 e. The first-order chi connectivity index (χ1) is 19.7. The van der Waals surface area contributed by atoms with Crippen molar-refractivity contribution in [3.63, 3.8) is 0 Å². The van der Waals surface area contributed by atoms with Gasteiger partial charge in [0.05, 0.1) is 34.0 Å². The Hall–Kier alpha value is -4.70. The maximum absolute atomic E-state index is 14.6. The Bertz CT molecular complexity index is 1860. The highest BCUT2D eigenvalue weighted by Gasteiger charge is 2.24. The Balaban J connectivity index is 1.54. The largest absolute Gasteiger partial charge is 0.398 e. The fourth-order valence-corrected chi connectivity index (χ4v) is 5.42. The SMILES string of the molecule is CNC(=O)C(=Nc1ccc(F)cc1)c1cc(-c2ccc3c(n2)-c2cc4c(F)cccc4n2CC3)c(N(C)S)cc1N. The summed E-state index contributed by atoms with van der Waals surface area (Å²) in [7, 11) is 3.27. The molecule has 0 aliphatic carbocycles. The third kappa shape index (κ3) is 4.70. The average molecular weight is 569 g/mol. The third-order valence-corrected chi connectivity index (χ3v) is 7.49. The summed E-state index contributed by atoms with van der Waals surface area (Å²) in [6, 6.07) is 19.9. The number of nitrogen functional groups attached to an aromatic ring is 1. The zero-order valence-corrected chi connectivity index (χ0v) is 23.2. The quantitative estimate of drug-likeness (QED) is 0.139. The number of aryl methyl sites for hydroxylation is 2. The highest BCUT2D eigenvalue weighted by atomic mass is 32.1. The first-order valence-corrected chi connectivity index (χ1v) is 13.4. The monoisotopic (exact) mass is 568 g/mol. The van der Waals surface area contributed by atoms with Crippen LogP contribution in [0.1, 0.15) is 11.1 Å². The van der Waals surface area contributed by atoms with E-state index in [2.05, 4.69) is 27.7 Å². The summed E-state index contributed by atoms with van der Waals surface area (Å²) in [4.78, 5) is 22.6. The van der Waals surface area contributed by atoms with Gasteiger partial charge in [0.25, 0.3) is 5.91 Å². The number of aromatic nitrogens is 2. The molecule has 0 saturated heterocycles. The molecular weight excluding hydrogens is 542 g/mol. The molecule has 1 aliphatic rings. The van der Waals surface area contributed by atoms with Crippen molar-refractivity contribution in [1.82, 2.24) is 14.9 Å². The Kier molecular flexibility index (Phi) is 6.70. The highest BCUT2D eigenvalue weighted by molar-refractivity contribution is 7.81. The van der Waals surface area contributed by atoms with Gasteiger partial charge < -0.3 is 19.9 Å². The molecule has 6 rings (SSSR count). The zero-order valence-electron chi connectivity index (χ0n) is 22.3. The van der Waals surface area contributed by atoms with Crippen molar-refractivity contribution in [2.75, 3.05) is 24.1 Å². The number of halogens is 2. The van der Waals surface area contributed by atoms with E-state index in [0.717, 1.165) is 35.4 Å². The Morgan fingerprint density at radius 2 is 1.88 bits per heavy atom. The lowest BCUT2D eigenvalue weighted by atomic mass is 9.97. The molecule has 5 aromatic rings. The number of nitrogens with zero attached hydrogens (tertiary/aromatic N) is 4. The number of carbonyl (C=O) groups is 1. The van der Waals surface area contributed by atoms with Gasteiger partial charge in [-0.1, -0.05) is 24.9 Å². The number of aliphatic imine (C=N–C) groups is 1. The van der Waals surface area contributed by atoms with Crippen molar-refractivity contribution >= 4 is 52.4 Å². The lowest BCUT2D eigenvalue weighted by Crippen LogP contribution is -2.29. The minimum atomic E-state index is -0.455. The van der Waals surface area contributed by atoms with E-state index in [0.29, 0.717) is 39.3 Å². The van der Waals surface area contributed by atoms with Crippen LogP contribution < -0.4 is 15.4 Å². The topological polar surface area (TPSA) is 88.5 Å². The minimum Gasteiger partial charge on any atom is -0.398 e. The molecule has 0 spiro atoms. The van der Waals surface area contributed by atoms with Gasteiger partial charge in [-0.3, -0.25) is 4.79 Å². The van der Waals surface area contributed by atoms with Crippen LogP contribution in [0.15, 0.2) is 77.8 Å². The maximum Gasteiger partial charge on any atom is 0.270 e. The molecule has 0 unspecified atom stereocenters. The number of fused-ring (bicyclic) bond motifs is 5. The molecule has 2 aromatic heterocycles.